The third kappa shape index (κ3) is 3.21. The first-order valence-electron chi connectivity index (χ1n) is 4.13. The van der Waals surface area contributed by atoms with E-state index in [0.717, 1.165) is 5.69 Å². The summed E-state index contributed by atoms with van der Waals surface area (Å²) >= 11 is 0. The van der Waals surface area contributed by atoms with Gasteiger partial charge in [-0.2, -0.15) is 0 Å². The maximum Gasteiger partial charge on any atom is 0.231 e. The van der Waals surface area contributed by atoms with E-state index in [1.165, 1.54) is 0 Å². The fourth-order valence-electron chi connectivity index (χ4n) is 0.990. The van der Waals surface area contributed by atoms with Crippen molar-refractivity contribution in [2.45, 2.75) is 13.0 Å². The first-order chi connectivity index (χ1) is 6.20. The van der Waals surface area contributed by atoms with Gasteiger partial charge in [0.25, 0.3) is 0 Å². The van der Waals surface area contributed by atoms with Gasteiger partial charge in [0.05, 0.1) is 12.2 Å². The topological polar surface area (TPSA) is 68.0 Å². The highest BCUT2D eigenvalue weighted by atomic mass is 16.1. The number of carbonyl (C=O) groups is 1. The number of pyridine rings is 1. The Labute approximate surface area is 77.2 Å². The van der Waals surface area contributed by atoms with E-state index in [-0.39, 0.29) is 18.5 Å². The monoisotopic (exact) mass is 179 g/mol. The first-order valence-corrected chi connectivity index (χ1v) is 4.13. The molecule has 3 N–H and O–H groups in total. The van der Waals surface area contributed by atoms with Crippen LogP contribution in [-0.4, -0.2) is 17.4 Å². The zero-order valence-electron chi connectivity index (χ0n) is 7.53. The van der Waals surface area contributed by atoms with Gasteiger partial charge in [0.1, 0.15) is 0 Å². The number of carbonyl (C=O) groups excluding carboxylic acids is 1. The van der Waals surface area contributed by atoms with Crippen LogP contribution in [0.4, 0.5) is 0 Å². The maximum absolute atomic E-state index is 10.5. The number of amides is 1. The van der Waals surface area contributed by atoms with E-state index < -0.39 is 0 Å². The van der Waals surface area contributed by atoms with Crippen LogP contribution in [-0.2, 0) is 4.79 Å². The summed E-state index contributed by atoms with van der Waals surface area (Å²) in [7, 11) is 0. The van der Waals surface area contributed by atoms with Crippen LogP contribution >= 0.6 is 0 Å². The molecule has 13 heavy (non-hydrogen) atoms. The van der Waals surface area contributed by atoms with Crippen molar-refractivity contribution < 1.29 is 4.79 Å². The van der Waals surface area contributed by atoms with Gasteiger partial charge in [0, 0.05) is 12.2 Å². The molecule has 0 aliphatic rings. The molecule has 4 heteroatoms. The lowest BCUT2D eigenvalue weighted by Crippen LogP contribution is -2.30. The SMILES string of the molecule is C[C@@H](NCC(N)=O)c1ccccn1. The van der Waals surface area contributed by atoms with Gasteiger partial charge < -0.3 is 11.1 Å². The minimum atomic E-state index is -0.359. The summed E-state index contributed by atoms with van der Waals surface area (Å²) in [5, 5.41) is 2.96. The molecular formula is C9H13N3O. The van der Waals surface area contributed by atoms with Crippen LogP contribution in [0.2, 0.25) is 0 Å². The Hall–Kier alpha value is -1.42. The molecule has 4 nitrogen and oxygen atoms in total. The predicted octanol–water partition coefficient (Wildman–Crippen LogP) is 0.217. The maximum atomic E-state index is 10.5. The van der Waals surface area contributed by atoms with E-state index in [2.05, 4.69) is 10.3 Å². The molecule has 1 aromatic heterocycles. The van der Waals surface area contributed by atoms with Crippen molar-refractivity contribution in [2.75, 3.05) is 6.54 Å². The Morgan fingerprint density at radius 2 is 2.46 bits per heavy atom. The summed E-state index contributed by atoms with van der Waals surface area (Å²) in [4.78, 5) is 14.6. The Balaban J connectivity index is 2.49. The minimum Gasteiger partial charge on any atom is -0.369 e. The first kappa shape index (κ1) is 9.67. The van der Waals surface area contributed by atoms with Crippen LogP contribution in [0.15, 0.2) is 24.4 Å². The van der Waals surface area contributed by atoms with Gasteiger partial charge in [0.2, 0.25) is 5.91 Å². The molecule has 0 unspecified atom stereocenters. The van der Waals surface area contributed by atoms with Crippen LogP contribution < -0.4 is 11.1 Å². The second-order valence-electron chi connectivity index (χ2n) is 2.82. The van der Waals surface area contributed by atoms with Gasteiger partial charge in [-0.25, -0.2) is 0 Å². The van der Waals surface area contributed by atoms with Gasteiger partial charge in [-0.1, -0.05) is 6.07 Å². The largest absolute Gasteiger partial charge is 0.369 e. The smallest absolute Gasteiger partial charge is 0.231 e. The van der Waals surface area contributed by atoms with Gasteiger partial charge in [-0.05, 0) is 19.1 Å². The molecule has 70 valence electrons. The molecule has 0 saturated carbocycles. The van der Waals surface area contributed by atoms with Gasteiger partial charge in [-0.3, -0.25) is 9.78 Å². The molecule has 1 heterocycles. The van der Waals surface area contributed by atoms with Gasteiger partial charge in [-0.15, -0.1) is 0 Å². The highest BCUT2D eigenvalue weighted by Gasteiger charge is 2.05. The zero-order valence-corrected chi connectivity index (χ0v) is 7.53. The quantitative estimate of drug-likeness (QED) is 0.694. The second kappa shape index (κ2) is 4.57. The molecule has 0 aliphatic carbocycles. The lowest BCUT2D eigenvalue weighted by Gasteiger charge is -2.10. The molecule has 0 aliphatic heterocycles. The van der Waals surface area contributed by atoms with E-state index >= 15 is 0 Å². The molecule has 0 spiro atoms. The molecule has 1 rings (SSSR count). The molecule has 0 bridgehead atoms. The predicted molar refractivity (Wildman–Crippen MR) is 49.8 cm³/mol. The van der Waals surface area contributed by atoms with E-state index in [9.17, 15) is 4.79 Å². The number of nitrogens with one attached hydrogen (secondary N) is 1. The highest BCUT2D eigenvalue weighted by molar-refractivity contribution is 5.75. The van der Waals surface area contributed by atoms with Crippen LogP contribution in [0.1, 0.15) is 18.7 Å². The second-order valence-corrected chi connectivity index (χ2v) is 2.82. The molecular weight excluding hydrogens is 166 g/mol. The lowest BCUT2D eigenvalue weighted by atomic mass is 10.2. The Morgan fingerprint density at radius 3 is 3.00 bits per heavy atom. The van der Waals surface area contributed by atoms with E-state index in [0.29, 0.717) is 0 Å². The number of primary amides is 1. The average Bonchev–Trinajstić information content (AvgIpc) is 2.15. The van der Waals surface area contributed by atoms with Crippen molar-refractivity contribution in [3.8, 4) is 0 Å². The van der Waals surface area contributed by atoms with Crippen LogP contribution in [0.5, 0.6) is 0 Å². The van der Waals surface area contributed by atoms with Gasteiger partial charge in [0.15, 0.2) is 0 Å². The normalized spacial score (nSPS) is 12.4. The third-order valence-corrected chi connectivity index (χ3v) is 1.71. The number of aromatic nitrogens is 1. The van der Waals surface area contributed by atoms with Crippen LogP contribution in [0.25, 0.3) is 0 Å². The zero-order chi connectivity index (χ0) is 9.68. The van der Waals surface area contributed by atoms with Crippen LogP contribution in [0.3, 0.4) is 0 Å². The summed E-state index contributed by atoms with van der Waals surface area (Å²) in [6, 6.07) is 5.71. The number of hydrogen-bond donors (Lipinski definition) is 2. The summed E-state index contributed by atoms with van der Waals surface area (Å²) in [6.45, 7) is 2.11. The molecule has 0 aromatic carbocycles. The summed E-state index contributed by atoms with van der Waals surface area (Å²) < 4.78 is 0. The standard InChI is InChI=1S/C9H13N3O/c1-7(12-6-9(10)13)8-4-2-3-5-11-8/h2-5,7,12H,6H2,1H3,(H2,10,13)/t7-/m1/s1. The summed E-state index contributed by atoms with van der Waals surface area (Å²) in [5.74, 6) is -0.359. The van der Waals surface area contributed by atoms with Crippen molar-refractivity contribution in [1.29, 1.82) is 0 Å². The summed E-state index contributed by atoms with van der Waals surface area (Å²) in [5.41, 5.74) is 5.90. The van der Waals surface area contributed by atoms with Crippen molar-refractivity contribution >= 4 is 5.91 Å². The fourth-order valence-corrected chi connectivity index (χ4v) is 0.990. The third-order valence-electron chi connectivity index (χ3n) is 1.71. The molecule has 1 amide bonds. The lowest BCUT2D eigenvalue weighted by molar-refractivity contribution is -0.117. The summed E-state index contributed by atoms with van der Waals surface area (Å²) in [6.07, 6.45) is 1.72. The number of rotatable bonds is 4. The van der Waals surface area contributed by atoms with Crippen molar-refractivity contribution in [2.24, 2.45) is 5.73 Å². The Kier molecular flexibility index (Phi) is 3.40. The van der Waals surface area contributed by atoms with Crippen molar-refractivity contribution in [3.05, 3.63) is 30.1 Å². The Bertz CT molecular complexity index is 273. The minimum absolute atomic E-state index is 0.0497. The average molecular weight is 179 g/mol. The number of nitrogens with zero attached hydrogens (tertiary/aromatic N) is 1. The van der Waals surface area contributed by atoms with Crippen LogP contribution in [0, 0.1) is 0 Å². The van der Waals surface area contributed by atoms with Gasteiger partial charge >= 0.3 is 0 Å². The van der Waals surface area contributed by atoms with E-state index in [1.807, 2.05) is 25.1 Å². The molecule has 1 aromatic rings. The number of hydrogen-bond acceptors (Lipinski definition) is 3. The van der Waals surface area contributed by atoms with E-state index in [4.69, 9.17) is 5.73 Å². The number of nitrogens with two attached hydrogens (primary N) is 1. The highest BCUT2D eigenvalue weighted by Crippen LogP contribution is 2.06. The molecule has 0 saturated heterocycles. The van der Waals surface area contributed by atoms with E-state index in [1.54, 1.807) is 6.20 Å². The molecule has 0 radical (unpaired) electrons. The van der Waals surface area contributed by atoms with Crippen molar-refractivity contribution in [1.82, 2.24) is 10.3 Å². The molecule has 0 fully saturated rings. The fraction of sp³-hybridized carbons (Fsp3) is 0.333. The Morgan fingerprint density at radius 1 is 1.69 bits per heavy atom. The molecule has 1 atom stereocenters. The van der Waals surface area contributed by atoms with Crippen molar-refractivity contribution in [3.63, 3.8) is 0 Å².